The second-order valence-electron chi connectivity index (χ2n) is 4.85. The molecule has 19 heavy (non-hydrogen) atoms. The third kappa shape index (κ3) is 3.24. The highest BCUT2D eigenvalue weighted by molar-refractivity contribution is 5.77. The molecule has 2 N–H and O–H groups in total. The van der Waals surface area contributed by atoms with Crippen LogP contribution in [0.3, 0.4) is 0 Å². The minimum Gasteiger partial charge on any atom is -0.481 e. The number of rotatable bonds is 3. The zero-order chi connectivity index (χ0) is 13.8. The van der Waals surface area contributed by atoms with Gasteiger partial charge in [0.15, 0.2) is 0 Å². The predicted octanol–water partition coefficient (Wildman–Crippen LogP) is 1.86. The molecule has 1 fully saturated rings. The second-order valence-corrected chi connectivity index (χ2v) is 4.85. The van der Waals surface area contributed by atoms with Crippen LogP contribution in [0.1, 0.15) is 24.9 Å². The van der Waals surface area contributed by atoms with Gasteiger partial charge in [-0.15, -0.1) is 0 Å². The molecule has 1 aliphatic rings. The third-order valence-electron chi connectivity index (χ3n) is 3.46. The van der Waals surface area contributed by atoms with Crippen molar-refractivity contribution in [2.24, 2.45) is 5.92 Å². The van der Waals surface area contributed by atoms with Gasteiger partial charge in [-0.3, -0.25) is 4.79 Å². The molecule has 5 heteroatoms. The Bertz CT molecular complexity index is 461. The summed E-state index contributed by atoms with van der Waals surface area (Å²) in [5.74, 6) is -1.26. The summed E-state index contributed by atoms with van der Waals surface area (Å²) < 4.78 is 0. The molecule has 0 bridgehead atoms. The molecule has 0 radical (unpaired) electrons. The molecule has 1 aliphatic heterocycles. The number of likely N-dealkylation sites (tertiary alicyclic amines) is 1. The maximum absolute atomic E-state index is 12.0. The Morgan fingerprint density at radius 1 is 1.37 bits per heavy atom. The van der Waals surface area contributed by atoms with Crippen LogP contribution in [0.25, 0.3) is 0 Å². The van der Waals surface area contributed by atoms with Crippen molar-refractivity contribution in [1.29, 1.82) is 0 Å². The summed E-state index contributed by atoms with van der Waals surface area (Å²) in [6.45, 7) is 2.71. The highest BCUT2D eigenvalue weighted by Gasteiger charge is 2.31. The lowest BCUT2D eigenvalue weighted by Gasteiger charge is -2.21. The van der Waals surface area contributed by atoms with E-state index >= 15 is 0 Å². The Balaban J connectivity index is 1.90. The number of hydrogen-bond acceptors (Lipinski definition) is 2. The molecule has 102 valence electrons. The minimum absolute atomic E-state index is 0.0856. The average molecular weight is 262 g/mol. The summed E-state index contributed by atoms with van der Waals surface area (Å²) in [5.41, 5.74) is 1.03. The topological polar surface area (TPSA) is 69.6 Å². The first-order chi connectivity index (χ1) is 9.08. The lowest BCUT2D eigenvalue weighted by molar-refractivity contribution is -0.141. The molecule has 0 aliphatic carbocycles. The predicted molar refractivity (Wildman–Crippen MR) is 70.7 cm³/mol. The van der Waals surface area contributed by atoms with Crippen LogP contribution in [0.15, 0.2) is 30.3 Å². The number of nitrogens with one attached hydrogen (secondary N) is 1. The smallest absolute Gasteiger partial charge is 0.317 e. The number of aliphatic carboxylic acids is 1. The van der Waals surface area contributed by atoms with Crippen LogP contribution in [-0.2, 0) is 4.79 Å². The van der Waals surface area contributed by atoms with E-state index in [1.165, 1.54) is 0 Å². The molecule has 0 spiro atoms. The monoisotopic (exact) mass is 262 g/mol. The lowest BCUT2D eigenvalue weighted by atomic mass is 10.1. The zero-order valence-corrected chi connectivity index (χ0v) is 10.9. The Morgan fingerprint density at radius 2 is 2.05 bits per heavy atom. The van der Waals surface area contributed by atoms with Gasteiger partial charge in [0.05, 0.1) is 12.0 Å². The Labute approximate surface area is 112 Å². The van der Waals surface area contributed by atoms with Gasteiger partial charge >= 0.3 is 12.0 Å². The molecule has 1 saturated heterocycles. The van der Waals surface area contributed by atoms with E-state index in [0.29, 0.717) is 19.5 Å². The van der Waals surface area contributed by atoms with Crippen molar-refractivity contribution in [1.82, 2.24) is 10.2 Å². The van der Waals surface area contributed by atoms with Gasteiger partial charge in [-0.05, 0) is 18.9 Å². The molecule has 1 heterocycles. The van der Waals surface area contributed by atoms with Gasteiger partial charge in [0.2, 0.25) is 0 Å². The van der Waals surface area contributed by atoms with Gasteiger partial charge in [0.25, 0.3) is 0 Å². The number of urea groups is 1. The van der Waals surface area contributed by atoms with Crippen molar-refractivity contribution in [3.63, 3.8) is 0 Å². The Kier molecular flexibility index (Phi) is 4.04. The van der Waals surface area contributed by atoms with Crippen LogP contribution < -0.4 is 5.32 Å². The molecule has 0 aromatic heterocycles. The average Bonchev–Trinajstić information content (AvgIpc) is 2.89. The van der Waals surface area contributed by atoms with Crippen molar-refractivity contribution >= 4 is 12.0 Å². The first kappa shape index (κ1) is 13.4. The summed E-state index contributed by atoms with van der Waals surface area (Å²) in [6, 6.07) is 9.40. The number of carboxylic acids is 1. The molecular formula is C14H18N2O3. The minimum atomic E-state index is -0.827. The molecule has 5 nitrogen and oxygen atoms in total. The number of carbonyl (C=O) groups excluding carboxylic acids is 1. The standard InChI is InChI=1S/C14H18N2O3/c1-10(11-5-3-2-4-6-11)15-14(19)16-8-7-12(9-16)13(17)18/h2-6,10,12H,7-9H2,1H3,(H,15,19)(H,17,18)/t10-,12?/m1/s1. The van der Waals surface area contributed by atoms with Crippen molar-refractivity contribution in [2.75, 3.05) is 13.1 Å². The van der Waals surface area contributed by atoms with Crippen LogP contribution in [-0.4, -0.2) is 35.1 Å². The molecule has 2 atom stereocenters. The summed E-state index contributed by atoms with van der Waals surface area (Å²) in [4.78, 5) is 24.4. The molecule has 1 aromatic rings. The number of carbonyl (C=O) groups is 2. The van der Waals surface area contributed by atoms with Crippen molar-refractivity contribution in [3.8, 4) is 0 Å². The van der Waals surface area contributed by atoms with E-state index in [2.05, 4.69) is 5.32 Å². The van der Waals surface area contributed by atoms with Crippen molar-refractivity contribution in [2.45, 2.75) is 19.4 Å². The summed E-state index contributed by atoms with van der Waals surface area (Å²) in [7, 11) is 0. The molecular weight excluding hydrogens is 244 g/mol. The van der Waals surface area contributed by atoms with Crippen molar-refractivity contribution in [3.05, 3.63) is 35.9 Å². The van der Waals surface area contributed by atoms with E-state index < -0.39 is 11.9 Å². The number of nitrogens with zero attached hydrogens (tertiary/aromatic N) is 1. The summed E-state index contributed by atoms with van der Waals surface area (Å²) >= 11 is 0. The fourth-order valence-electron chi connectivity index (χ4n) is 2.25. The summed E-state index contributed by atoms with van der Waals surface area (Å²) in [5, 5.41) is 11.8. The summed E-state index contributed by atoms with van der Waals surface area (Å²) in [6.07, 6.45) is 0.530. The number of hydrogen-bond donors (Lipinski definition) is 2. The van der Waals surface area contributed by atoms with E-state index in [0.717, 1.165) is 5.56 Å². The maximum atomic E-state index is 12.0. The molecule has 1 unspecified atom stereocenters. The fourth-order valence-corrected chi connectivity index (χ4v) is 2.25. The van der Waals surface area contributed by atoms with Crippen molar-refractivity contribution < 1.29 is 14.7 Å². The van der Waals surface area contributed by atoms with E-state index in [1.807, 2.05) is 37.3 Å². The van der Waals surface area contributed by atoms with Crippen LogP contribution in [0.2, 0.25) is 0 Å². The number of amides is 2. The quantitative estimate of drug-likeness (QED) is 0.873. The van der Waals surface area contributed by atoms with Gasteiger partial charge in [0.1, 0.15) is 0 Å². The van der Waals surface area contributed by atoms with E-state index in [4.69, 9.17) is 5.11 Å². The van der Waals surface area contributed by atoms with Crippen LogP contribution >= 0.6 is 0 Å². The molecule has 2 rings (SSSR count). The Hall–Kier alpha value is -2.04. The number of benzene rings is 1. The first-order valence-corrected chi connectivity index (χ1v) is 6.41. The number of carboxylic acid groups (broad SMARTS) is 1. The third-order valence-corrected chi connectivity index (χ3v) is 3.46. The Morgan fingerprint density at radius 3 is 2.63 bits per heavy atom. The second kappa shape index (κ2) is 5.73. The molecule has 1 aromatic carbocycles. The van der Waals surface area contributed by atoms with Gasteiger partial charge in [-0.2, -0.15) is 0 Å². The maximum Gasteiger partial charge on any atom is 0.317 e. The largest absolute Gasteiger partial charge is 0.481 e. The van der Waals surface area contributed by atoms with Gasteiger partial charge in [0, 0.05) is 13.1 Å². The van der Waals surface area contributed by atoms with Gasteiger partial charge in [-0.1, -0.05) is 30.3 Å². The van der Waals surface area contributed by atoms with E-state index in [1.54, 1.807) is 4.90 Å². The van der Waals surface area contributed by atoms with Crippen LogP contribution in [0, 0.1) is 5.92 Å². The van der Waals surface area contributed by atoms with Crippen LogP contribution in [0.5, 0.6) is 0 Å². The van der Waals surface area contributed by atoms with Gasteiger partial charge < -0.3 is 15.3 Å². The molecule has 2 amide bonds. The SMILES string of the molecule is C[C@@H](NC(=O)N1CCC(C(=O)O)C1)c1ccccc1. The highest BCUT2D eigenvalue weighted by atomic mass is 16.4. The molecule has 0 saturated carbocycles. The highest BCUT2D eigenvalue weighted by Crippen LogP contribution is 2.18. The normalized spacial score (nSPS) is 20.1. The first-order valence-electron chi connectivity index (χ1n) is 6.41. The zero-order valence-electron chi connectivity index (χ0n) is 10.9. The fraction of sp³-hybridized carbons (Fsp3) is 0.429. The van der Waals surface area contributed by atoms with E-state index in [-0.39, 0.29) is 12.1 Å². The van der Waals surface area contributed by atoms with Gasteiger partial charge in [-0.25, -0.2) is 4.79 Å². The van der Waals surface area contributed by atoms with E-state index in [9.17, 15) is 9.59 Å². The lowest BCUT2D eigenvalue weighted by Crippen LogP contribution is -2.40. The van der Waals surface area contributed by atoms with Crippen LogP contribution in [0.4, 0.5) is 4.79 Å².